The van der Waals surface area contributed by atoms with Crippen LogP contribution in [0.15, 0.2) is 74.1 Å². The molecule has 0 saturated carbocycles. The summed E-state index contributed by atoms with van der Waals surface area (Å²) in [6.45, 7) is 7.65. The average molecular weight is 665 g/mol. The van der Waals surface area contributed by atoms with Crippen LogP contribution in [0.25, 0.3) is 11.8 Å². The van der Waals surface area contributed by atoms with Gasteiger partial charge in [-0.25, -0.2) is 14.6 Å². The lowest BCUT2D eigenvalue weighted by Crippen LogP contribution is -2.40. The smallest absolute Gasteiger partial charge is 0.338 e. The van der Waals surface area contributed by atoms with Crippen molar-refractivity contribution in [3.8, 4) is 11.4 Å². The molecule has 2 aromatic heterocycles. The summed E-state index contributed by atoms with van der Waals surface area (Å²) in [5.74, 6) is -0.285. The summed E-state index contributed by atoms with van der Waals surface area (Å²) < 4.78 is 20.4. The second-order valence-corrected chi connectivity index (χ2v) is 11.8. The Morgan fingerprint density at radius 1 is 1.05 bits per heavy atom. The molecule has 0 bridgehead atoms. The number of carbonyl (C=O) groups excluding carboxylic acids is 2. The Bertz CT molecular complexity index is 1970. The standard InChI is InChI=1S/C32H30BrN3O6S/c1-7-42-31(39)27-18(3)34-32-36(28(27)21-10-13-25(40-5)24(33)15-21)29(37)26(43-32)16-22-14-17(2)35(19(22)4)23-11-8-20(9-12-23)30(38)41-6/h8-16,28H,7H2,1-6H3/b26-16+/t28-/m1/s1. The Hall–Kier alpha value is -4.22. The zero-order valence-corrected chi connectivity index (χ0v) is 27.0. The average Bonchev–Trinajstić information content (AvgIpc) is 3.45. The molecule has 0 N–H and O–H groups in total. The zero-order valence-electron chi connectivity index (χ0n) is 24.6. The van der Waals surface area contributed by atoms with Gasteiger partial charge in [0, 0.05) is 17.1 Å². The molecule has 3 heterocycles. The number of nitrogens with zero attached hydrogens (tertiary/aromatic N) is 3. The van der Waals surface area contributed by atoms with E-state index in [9.17, 15) is 14.4 Å². The van der Waals surface area contributed by atoms with Gasteiger partial charge in [0.2, 0.25) is 0 Å². The number of hydrogen-bond donors (Lipinski definition) is 0. The Morgan fingerprint density at radius 3 is 2.40 bits per heavy atom. The Balaban J connectivity index is 1.65. The monoisotopic (exact) mass is 663 g/mol. The highest BCUT2D eigenvalue weighted by atomic mass is 79.9. The Morgan fingerprint density at radius 2 is 1.77 bits per heavy atom. The van der Waals surface area contributed by atoms with E-state index in [0.717, 1.165) is 22.6 Å². The summed E-state index contributed by atoms with van der Waals surface area (Å²) in [5, 5.41) is 0. The van der Waals surface area contributed by atoms with Crippen LogP contribution in [0, 0.1) is 13.8 Å². The predicted octanol–water partition coefficient (Wildman–Crippen LogP) is 4.76. The molecule has 5 rings (SSSR count). The molecule has 0 unspecified atom stereocenters. The molecule has 0 fully saturated rings. The first-order chi connectivity index (χ1) is 20.6. The number of ether oxygens (including phenoxy) is 3. The molecule has 0 radical (unpaired) electrons. The lowest BCUT2D eigenvalue weighted by atomic mass is 9.96. The number of carbonyl (C=O) groups is 2. The van der Waals surface area contributed by atoms with E-state index < -0.39 is 18.0 Å². The van der Waals surface area contributed by atoms with Crippen molar-refractivity contribution in [2.45, 2.75) is 33.7 Å². The molecule has 0 amide bonds. The lowest BCUT2D eigenvalue weighted by Gasteiger charge is -2.25. The minimum atomic E-state index is -0.736. The summed E-state index contributed by atoms with van der Waals surface area (Å²) >= 11 is 4.81. The highest BCUT2D eigenvalue weighted by Crippen LogP contribution is 2.35. The molecule has 43 heavy (non-hydrogen) atoms. The molecule has 11 heteroatoms. The molecule has 0 aliphatic carbocycles. The molecule has 1 aliphatic rings. The number of methoxy groups -OCH3 is 2. The summed E-state index contributed by atoms with van der Waals surface area (Å²) in [4.78, 5) is 44.3. The highest BCUT2D eigenvalue weighted by Gasteiger charge is 2.33. The summed E-state index contributed by atoms with van der Waals surface area (Å²) in [6, 6.07) is 13.9. The van der Waals surface area contributed by atoms with Crippen molar-refractivity contribution < 1.29 is 23.8 Å². The molecule has 0 saturated heterocycles. The second-order valence-electron chi connectivity index (χ2n) is 9.90. The van der Waals surface area contributed by atoms with Gasteiger partial charge >= 0.3 is 11.9 Å². The fraction of sp³-hybridized carbons (Fsp3) is 0.250. The molecular formula is C32H30BrN3O6S. The van der Waals surface area contributed by atoms with Crippen LogP contribution in [0.1, 0.15) is 52.8 Å². The number of allylic oxidation sites excluding steroid dienone is 1. The molecule has 9 nitrogen and oxygen atoms in total. The van der Waals surface area contributed by atoms with Gasteiger partial charge in [0.15, 0.2) is 4.80 Å². The van der Waals surface area contributed by atoms with Crippen LogP contribution in [0.4, 0.5) is 0 Å². The quantitative estimate of drug-likeness (QED) is 0.264. The summed E-state index contributed by atoms with van der Waals surface area (Å²) in [7, 11) is 2.93. The highest BCUT2D eigenvalue weighted by molar-refractivity contribution is 9.10. The van der Waals surface area contributed by atoms with Crippen molar-refractivity contribution in [1.82, 2.24) is 9.13 Å². The van der Waals surface area contributed by atoms with Crippen LogP contribution in [-0.4, -0.2) is 41.9 Å². The van der Waals surface area contributed by atoms with Crippen molar-refractivity contribution in [3.63, 3.8) is 0 Å². The number of aryl methyl sites for hydroxylation is 1. The van der Waals surface area contributed by atoms with E-state index in [0.29, 0.717) is 42.0 Å². The maximum Gasteiger partial charge on any atom is 0.338 e. The fourth-order valence-corrected chi connectivity index (χ4v) is 6.89. The van der Waals surface area contributed by atoms with Crippen LogP contribution in [0.5, 0.6) is 5.75 Å². The van der Waals surface area contributed by atoms with E-state index in [1.807, 2.05) is 50.3 Å². The molecule has 1 aliphatic heterocycles. The van der Waals surface area contributed by atoms with Crippen molar-refractivity contribution >= 4 is 45.3 Å². The number of esters is 2. The minimum absolute atomic E-state index is 0.195. The maximum atomic E-state index is 14.1. The number of benzene rings is 2. The third kappa shape index (κ3) is 5.50. The van der Waals surface area contributed by atoms with Crippen LogP contribution in [0.3, 0.4) is 0 Å². The van der Waals surface area contributed by atoms with Crippen LogP contribution in [-0.2, 0) is 14.3 Å². The maximum absolute atomic E-state index is 14.1. The minimum Gasteiger partial charge on any atom is -0.496 e. The van der Waals surface area contributed by atoms with Gasteiger partial charge in [0.1, 0.15) is 5.75 Å². The van der Waals surface area contributed by atoms with Crippen LogP contribution >= 0.6 is 27.3 Å². The van der Waals surface area contributed by atoms with E-state index in [1.54, 1.807) is 43.7 Å². The number of aromatic nitrogens is 2. The van der Waals surface area contributed by atoms with Gasteiger partial charge in [-0.05, 0) is 103 Å². The van der Waals surface area contributed by atoms with Gasteiger partial charge in [-0.3, -0.25) is 9.36 Å². The van der Waals surface area contributed by atoms with Crippen molar-refractivity contribution in [3.05, 3.63) is 112 Å². The van der Waals surface area contributed by atoms with Gasteiger partial charge < -0.3 is 18.8 Å². The number of hydrogen-bond acceptors (Lipinski definition) is 8. The lowest BCUT2D eigenvalue weighted by molar-refractivity contribution is -0.139. The Kier molecular flexibility index (Phi) is 8.57. The van der Waals surface area contributed by atoms with Crippen LogP contribution in [0.2, 0.25) is 0 Å². The zero-order chi connectivity index (χ0) is 31.0. The SMILES string of the molecule is CCOC(=O)C1=C(C)N=c2s/c(=C/c3cc(C)n(-c4ccc(C(=O)OC)cc4)c3C)c(=O)n2[C@@H]1c1ccc(OC)c(Br)c1. The second kappa shape index (κ2) is 12.2. The summed E-state index contributed by atoms with van der Waals surface area (Å²) in [5.41, 5.74) is 5.35. The third-order valence-corrected chi connectivity index (χ3v) is 8.91. The molecule has 222 valence electrons. The third-order valence-electron chi connectivity index (χ3n) is 7.31. The van der Waals surface area contributed by atoms with E-state index in [4.69, 9.17) is 14.2 Å². The summed E-state index contributed by atoms with van der Waals surface area (Å²) in [6.07, 6.45) is 1.86. The molecular weight excluding hydrogens is 634 g/mol. The van der Waals surface area contributed by atoms with Crippen molar-refractivity contribution in [1.29, 1.82) is 0 Å². The van der Waals surface area contributed by atoms with E-state index in [-0.39, 0.29) is 12.2 Å². The van der Waals surface area contributed by atoms with Gasteiger partial charge in [-0.1, -0.05) is 17.4 Å². The van der Waals surface area contributed by atoms with Gasteiger partial charge in [-0.2, -0.15) is 0 Å². The fourth-order valence-electron chi connectivity index (χ4n) is 5.30. The molecule has 2 aromatic carbocycles. The molecule has 0 spiro atoms. The Labute approximate surface area is 260 Å². The number of rotatable bonds is 7. The largest absolute Gasteiger partial charge is 0.496 e. The topological polar surface area (TPSA) is 101 Å². The molecule has 4 aromatic rings. The first kappa shape index (κ1) is 30.2. The normalized spacial score (nSPS) is 14.8. The van der Waals surface area contributed by atoms with E-state index >= 15 is 0 Å². The number of thiazole rings is 1. The van der Waals surface area contributed by atoms with E-state index in [2.05, 4.69) is 25.5 Å². The first-order valence-corrected chi connectivity index (χ1v) is 15.1. The first-order valence-electron chi connectivity index (χ1n) is 13.5. The van der Waals surface area contributed by atoms with Gasteiger partial charge in [-0.15, -0.1) is 0 Å². The van der Waals surface area contributed by atoms with Crippen molar-refractivity contribution in [2.24, 2.45) is 4.99 Å². The number of fused-ring (bicyclic) bond motifs is 1. The number of halogens is 1. The van der Waals surface area contributed by atoms with Crippen LogP contribution < -0.4 is 19.6 Å². The van der Waals surface area contributed by atoms with Gasteiger partial charge in [0.25, 0.3) is 5.56 Å². The van der Waals surface area contributed by atoms with Crippen molar-refractivity contribution in [2.75, 3.05) is 20.8 Å². The van der Waals surface area contributed by atoms with E-state index in [1.165, 1.54) is 18.4 Å². The van der Waals surface area contributed by atoms with Gasteiger partial charge in [0.05, 0.1) is 52.7 Å². The predicted molar refractivity (Wildman–Crippen MR) is 168 cm³/mol. The molecule has 1 atom stereocenters.